The molecular formula is C16H24O3. The topological polar surface area (TPSA) is 57.5 Å². The lowest BCUT2D eigenvalue weighted by atomic mass is 9.78. The maximum atomic E-state index is 11.4. The van der Waals surface area contributed by atoms with Crippen molar-refractivity contribution in [2.24, 2.45) is 5.92 Å². The summed E-state index contributed by atoms with van der Waals surface area (Å²) >= 11 is 0. The van der Waals surface area contributed by atoms with Crippen LogP contribution in [0.15, 0.2) is 18.2 Å². The Balaban J connectivity index is 3.41. The number of benzene rings is 1. The SMILES string of the molecule is Cc1cc(C(C)(C)C)ccc1C(O)(C(=O)O)C(C)C. The molecule has 19 heavy (non-hydrogen) atoms. The third kappa shape index (κ3) is 2.81. The summed E-state index contributed by atoms with van der Waals surface area (Å²) in [6.07, 6.45) is 0. The predicted molar refractivity (Wildman–Crippen MR) is 76.2 cm³/mol. The second kappa shape index (κ2) is 4.97. The molecular weight excluding hydrogens is 240 g/mol. The number of carboxylic acids is 1. The van der Waals surface area contributed by atoms with Gasteiger partial charge in [-0.05, 0) is 34.9 Å². The smallest absolute Gasteiger partial charge is 0.340 e. The van der Waals surface area contributed by atoms with Gasteiger partial charge in [-0.3, -0.25) is 0 Å². The van der Waals surface area contributed by atoms with E-state index in [0.29, 0.717) is 5.56 Å². The number of carboxylic acid groups (broad SMARTS) is 1. The van der Waals surface area contributed by atoms with Gasteiger partial charge in [-0.25, -0.2) is 4.79 Å². The van der Waals surface area contributed by atoms with Crippen LogP contribution in [0.1, 0.15) is 51.3 Å². The molecule has 0 aromatic heterocycles. The van der Waals surface area contributed by atoms with Crippen LogP contribution in [0.5, 0.6) is 0 Å². The van der Waals surface area contributed by atoms with Crippen molar-refractivity contribution in [1.29, 1.82) is 0 Å². The van der Waals surface area contributed by atoms with Crippen molar-refractivity contribution >= 4 is 5.97 Å². The van der Waals surface area contributed by atoms with Crippen LogP contribution < -0.4 is 0 Å². The first kappa shape index (κ1) is 15.7. The zero-order valence-corrected chi connectivity index (χ0v) is 12.6. The number of carbonyl (C=O) groups is 1. The van der Waals surface area contributed by atoms with Gasteiger partial charge < -0.3 is 10.2 Å². The third-order valence-corrected chi connectivity index (χ3v) is 3.66. The Morgan fingerprint density at radius 1 is 1.21 bits per heavy atom. The molecule has 0 aliphatic carbocycles. The second-order valence-electron chi connectivity index (χ2n) is 6.51. The molecule has 3 heteroatoms. The van der Waals surface area contributed by atoms with Gasteiger partial charge in [0, 0.05) is 0 Å². The predicted octanol–water partition coefficient (Wildman–Crippen LogP) is 3.22. The maximum absolute atomic E-state index is 11.4. The van der Waals surface area contributed by atoms with E-state index in [2.05, 4.69) is 20.8 Å². The molecule has 1 aromatic rings. The molecule has 3 nitrogen and oxygen atoms in total. The lowest BCUT2D eigenvalue weighted by molar-refractivity contribution is -0.165. The Hall–Kier alpha value is -1.35. The zero-order valence-electron chi connectivity index (χ0n) is 12.6. The number of aliphatic hydroxyl groups is 1. The van der Waals surface area contributed by atoms with Crippen molar-refractivity contribution in [3.05, 3.63) is 34.9 Å². The minimum Gasteiger partial charge on any atom is -0.479 e. The molecule has 106 valence electrons. The molecule has 1 unspecified atom stereocenters. The van der Waals surface area contributed by atoms with E-state index < -0.39 is 17.5 Å². The lowest BCUT2D eigenvalue weighted by Gasteiger charge is -2.30. The summed E-state index contributed by atoms with van der Waals surface area (Å²) in [4.78, 5) is 11.4. The summed E-state index contributed by atoms with van der Waals surface area (Å²) in [6, 6.07) is 5.61. The van der Waals surface area contributed by atoms with E-state index in [-0.39, 0.29) is 5.41 Å². The van der Waals surface area contributed by atoms with Crippen LogP contribution in [0.25, 0.3) is 0 Å². The standard InChI is InChI=1S/C16H24O3/c1-10(2)16(19,14(17)18)13-8-7-12(9-11(13)3)15(4,5)6/h7-10,19H,1-6H3,(H,17,18). The van der Waals surface area contributed by atoms with Crippen LogP contribution in [0.2, 0.25) is 0 Å². The second-order valence-corrected chi connectivity index (χ2v) is 6.51. The van der Waals surface area contributed by atoms with E-state index in [1.807, 2.05) is 19.1 Å². The number of rotatable bonds is 3. The van der Waals surface area contributed by atoms with E-state index in [9.17, 15) is 15.0 Å². The van der Waals surface area contributed by atoms with Crippen molar-refractivity contribution in [3.63, 3.8) is 0 Å². The number of hydrogen-bond acceptors (Lipinski definition) is 2. The Kier molecular flexibility index (Phi) is 4.11. The molecule has 0 aliphatic heterocycles. The van der Waals surface area contributed by atoms with Crippen LogP contribution in [0, 0.1) is 12.8 Å². The van der Waals surface area contributed by atoms with Gasteiger partial charge in [0.1, 0.15) is 0 Å². The Morgan fingerprint density at radius 2 is 1.74 bits per heavy atom. The first-order valence-electron chi connectivity index (χ1n) is 6.58. The van der Waals surface area contributed by atoms with Crippen LogP contribution in [-0.4, -0.2) is 16.2 Å². The fraction of sp³-hybridized carbons (Fsp3) is 0.562. The number of aliphatic carboxylic acids is 1. The van der Waals surface area contributed by atoms with Crippen LogP contribution in [-0.2, 0) is 15.8 Å². The first-order valence-corrected chi connectivity index (χ1v) is 6.58. The lowest BCUT2D eigenvalue weighted by Crippen LogP contribution is -2.41. The van der Waals surface area contributed by atoms with Gasteiger partial charge in [-0.2, -0.15) is 0 Å². The molecule has 0 bridgehead atoms. The van der Waals surface area contributed by atoms with Gasteiger partial charge in [0.05, 0.1) is 0 Å². The molecule has 1 aromatic carbocycles. The van der Waals surface area contributed by atoms with Crippen molar-refractivity contribution in [2.75, 3.05) is 0 Å². The Morgan fingerprint density at radius 3 is 2.05 bits per heavy atom. The molecule has 2 N–H and O–H groups in total. The average Bonchev–Trinajstić information content (AvgIpc) is 2.25. The molecule has 0 saturated carbocycles. The molecule has 0 spiro atoms. The maximum Gasteiger partial charge on any atom is 0.340 e. The summed E-state index contributed by atoms with van der Waals surface area (Å²) < 4.78 is 0. The Labute approximate surface area is 115 Å². The monoisotopic (exact) mass is 264 g/mol. The van der Waals surface area contributed by atoms with Crippen LogP contribution in [0.3, 0.4) is 0 Å². The summed E-state index contributed by atoms with van der Waals surface area (Å²) in [5, 5.41) is 19.9. The van der Waals surface area contributed by atoms with E-state index in [4.69, 9.17) is 0 Å². The molecule has 0 radical (unpaired) electrons. The van der Waals surface area contributed by atoms with E-state index in [1.165, 1.54) is 0 Å². The van der Waals surface area contributed by atoms with E-state index in [0.717, 1.165) is 11.1 Å². The molecule has 0 amide bonds. The molecule has 1 atom stereocenters. The molecule has 0 heterocycles. The summed E-state index contributed by atoms with van der Waals surface area (Å²) in [5.41, 5.74) is 0.586. The minimum atomic E-state index is -1.83. The normalized spacial score (nSPS) is 15.4. The average molecular weight is 264 g/mol. The highest BCUT2D eigenvalue weighted by Gasteiger charge is 2.42. The number of hydrogen-bond donors (Lipinski definition) is 2. The highest BCUT2D eigenvalue weighted by atomic mass is 16.4. The zero-order chi connectivity index (χ0) is 15.0. The fourth-order valence-corrected chi connectivity index (χ4v) is 2.23. The largest absolute Gasteiger partial charge is 0.479 e. The van der Waals surface area contributed by atoms with E-state index in [1.54, 1.807) is 19.9 Å². The van der Waals surface area contributed by atoms with Gasteiger partial charge >= 0.3 is 5.97 Å². The molecule has 1 rings (SSSR count). The summed E-state index contributed by atoms with van der Waals surface area (Å²) in [6.45, 7) is 11.6. The van der Waals surface area contributed by atoms with Crippen molar-refractivity contribution < 1.29 is 15.0 Å². The fourth-order valence-electron chi connectivity index (χ4n) is 2.23. The third-order valence-electron chi connectivity index (χ3n) is 3.66. The first-order chi connectivity index (χ1) is 8.51. The molecule has 0 aliphatic rings. The van der Waals surface area contributed by atoms with Crippen LogP contribution >= 0.6 is 0 Å². The quantitative estimate of drug-likeness (QED) is 0.881. The van der Waals surface area contributed by atoms with Gasteiger partial charge in [0.2, 0.25) is 0 Å². The minimum absolute atomic E-state index is 0.00244. The number of aryl methyl sites for hydroxylation is 1. The van der Waals surface area contributed by atoms with Gasteiger partial charge in [0.15, 0.2) is 5.60 Å². The summed E-state index contributed by atoms with van der Waals surface area (Å²) in [7, 11) is 0. The van der Waals surface area contributed by atoms with Crippen LogP contribution in [0.4, 0.5) is 0 Å². The van der Waals surface area contributed by atoms with Gasteiger partial charge in [-0.15, -0.1) is 0 Å². The molecule has 0 saturated heterocycles. The van der Waals surface area contributed by atoms with E-state index >= 15 is 0 Å². The highest BCUT2D eigenvalue weighted by Crippen LogP contribution is 2.34. The van der Waals surface area contributed by atoms with Crippen molar-refractivity contribution in [1.82, 2.24) is 0 Å². The van der Waals surface area contributed by atoms with Crippen molar-refractivity contribution in [2.45, 2.75) is 52.6 Å². The Bertz CT molecular complexity index is 483. The molecule has 0 fully saturated rings. The van der Waals surface area contributed by atoms with Crippen molar-refractivity contribution in [3.8, 4) is 0 Å². The summed E-state index contributed by atoms with van der Waals surface area (Å²) in [5.74, 6) is -1.60. The van der Waals surface area contributed by atoms with Gasteiger partial charge in [0.25, 0.3) is 0 Å². The van der Waals surface area contributed by atoms with Gasteiger partial charge in [-0.1, -0.05) is 52.8 Å². The highest BCUT2D eigenvalue weighted by molar-refractivity contribution is 5.80.